The highest BCUT2D eigenvalue weighted by atomic mass is 16.6. The zero-order valence-electron chi connectivity index (χ0n) is 11.7. The molecule has 0 bridgehead atoms. The average Bonchev–Trinajstić information content (AvgIpc) is 2.16. The second-order valence-corrected chi connectivity index (χ2v) is 4.88. The Labute approximate surface area is 103 Å². The van der Waals surface area contributed by atoms with Gasteiger partial charge < -0.3 is 15.0 Å². The van der Waals surface area contributed by atoms with Gasteiger partial charge in [0.25, 0.3) is 0 Å². The summed E-state index contributed by atoms with van der Waals surface area (Å²) < 4.78 is 5.18. The van der Waals surface area contributed by atoms with Crippen LogP contribution in [0.1, 0.15) is 41.5 Å². The largest absolute Gasteiger partial charge is 0.458 e. The van der Waals surface area contributed by atoms with Gasteiger partial charge in [-0.2, -0.15) is 0 Å². The monoisotopic (exact) mass is 244 g/mol. The van der Waals surface area contributed by atoms with Gasteiger partial charge in [-0.15, -0.1) is 0 Å². The number of esters is 1. The Hall–Kier alpha value is -1.26. The third-order valence-corrected chi connectivity index (χ3v) is 2.15. The SMILES string of the molecule is CCN(CC)C(=O)N[C@@H](C)C(=O)OC(C)(C)C. The average molecular weight is 244 g/mol. The van der Waals surface area contributed by atoms with E-state index in [0.717, 1.165) is 0 Å². The summed E-state index contributed by atoms with van der Waals surface area (Å²) in [5.74, 6) is -0.419. The van der Waals surface area contributed by atoms with E-state index in [1.807, 2.05) is 13.8 Å². The van der Waals surface area contributed by atoms with Crippen LogP contribution in [0.5, 0.6) is 0 Å². The normalized spacial score (nSPS) is 12.8. The van der Waals surface area contributed by atoms with Crippen LogP contribution in [0, 0.1) is 0 Å². The molecule has 0 spiro atoms. The minimum absolute atomic E-state index is 0.242. The third kappa shape index (κ3) is 6.14. The van der Waals surface area contributed by atoms with Crippen LogP contribution in [0.25, 0.3) is 0 Å². The van der Waals surface area contributed by atoms with Crippen LogP contribution in [0.2, 0.25) is 0 Å². The van der Waals surface area contributed by atoms with Crippen molar-refractivity contribution in [2.45, 2.75) is 53.2 Å². The van der Waals surface area contributed by atoms with Gasteiger partial charge in [0.15, 0.2) is 0 Å². The molecular weight excluding hydrogens is 220 g/mol. The van der Waals surface area contributed by atoms with Gasteiger partial charge in [0.2, 0.25) is 0 Å². The second-order valence-electron chi connectivity index (χ2n) is 4.88. The molecule has 0 unspecified atom stereocenters. The summed E-state index contributed by atoms with van der Waals surface area (Å²) in [7, 11) is 0. The van der Waals surface area contributed by atoms with E-state index in [4.69, 9.17) is 4.74 Å². The van der Waals surface area contributed by atoms with Gasteiger partial charge >= 0.3 is 12.0 Å². The first-order valence-electron chi connectivity index (χ1n) is 5.99. The predicted molar refractivity (Wildman–Crippen MR) is 66.8 cm³/mol. The highest BCUT2D eigenvalue weighted by Gasteiger charge is 2.23. The predicted octanol–water partition coefficient (Wildman–Crippen LogP) is 1.77. The van der Waals surface area contributed by atoms with Crippen LogP contribution in [0.4, 0.5) is 4.79 Å². The van der Waals surface area contributed by atoms with Gasteiger partial charge in [0.05, 0.1) is 0 Å². The standard InChI is InChI=1S/C12H24N2O3/c1-7-14(8-2)11(16)13-9(3)10(15)17-12(4,5)6/h9H,7-8H2,1-6H3,(H,13,16)/t9-/m0/s1. The quantitative estimate of drug-likeness (QED) is 0.767. The molecule has 2 amide bonds. The highest BCUT2D eigenvalue weighted by molar-refractivity contribution is 5.83. The van der Waals surface area contributed by atoms with Crippen molar-refractivity contribution in [1.29, 1.82) is 0 Å². The molecule has 0 rings (SSSR count). The summed E-state index contributed by atoms with van der Waals surface area (Å²) in [6, 6.07) is -0.879. The van der Waals surface area contributed by atoms with Crippen molar-refractivity contribution in [2.24, 2.45) is 0 Å². The zero-order chi connectivity index (χ0) is 13.6. The van der Waals surface area contributed by atoms with Gasteiger partial charge in [-0.1, -0.05) is 0 Å². The second kappa shape index (κ2) is 6.47. The van der Waals surface area contributed by atoms with Crippen LogP contribution in [0.3, 0.4) is 0 Å². The molecule has 0 aromatic heterocycles. The van der Waals surface area contributed by atoms with Crippen molar-refractivity contribution in [3.63, 3.8) is 0 Å². The lowest BCUT2D eigenvalue weighted by Crippen LogP contribution is -2.48. The van der Waals surface area contributed by atoms with Gasteiger partial charge in [0, 0.05) is 13.1 Å². The number of amides is 2. The van der Waals surface area contributed by atoms with E-state index in [0.29, 0.717) is 13.1 Å². The Balaban J connectivity index is 4.30. The summed E-state index contributed by atoms with van der Waals surface area (Å²) in [5, 5.41) is 2.62. The number of rotatable bonds is 4. The summed E-state index contributed by atoms with van der Waals surface area (Å²) in [5.41, 5.74) is -0.536. The number of nitrogens with zero attached hydrogens (tertiary/aromatic N) is 1. The van der Waals surface area contributed by atoms with Crippen LogP contribution < -0.4 is 5.32 Å². The van der Waals surface area contributed by atoms with Gasteiger partial charge in [0.1, 0.15) is 11.6 Å². The molecule has 0 heterocycles. The van der Waals surface area contributed by atoms with Crippen molar-refractivity contribution in [3.8, 4) is 0 Å². The molecule has 0 aliphatic heterocycles. The van der Waals surface area contributed by atoms with Crippen LogP contribution in [0.15, 0.2) is 0 Å². The molecule has 0 saturated carbocycles. The number of hydrogen-bond acceptors (Lipinski definition) is 3. The number of hydrogen-bond donors (Lipinski definition) is 1. The molecule has 0 fully saturated rings. The molecule has 0 aliphatic carbocycles. The summed E-state index contributed by atoms with van der Waals surface area (Å²) in [6.45, 7) is 12.0. The number of urea groups is 1. The summed E-state index contributed by atoms with van der Waals surface area (Å²) >= 11 is 0. The smallest absolute Gasteiger partial charge is 0.328 e. The molecule has 1 N–H and O–H groups in total. The topological polar surface area (TPSA) is 58.6 Å². The molecule has 5 heteroatoms. The molecular formula is C12H24N2O3. The fourth-order valence-electron chi connectivity index (χ4n) is 1.24. The summed E-state index contributed by atoms with van der Waals surface area (Å²) in [4.78, 5) is 24.9. The van der Waals surface area contributed by atoms with E-state index in [1.165, 1.54) is 0 Å². The van der Waals surface area contributed by atoms with Crippen LogP contribution in [-0.2, 0) is 9.53 Å². The fourth-order valence-corrected chi connectivity index (χ4v) is 1.24. The van der Waals surface area contributed by atoms with Crippen LogP contribution >= 0.6 is 0 Å². The Morgan fingerprint density at radius 3 is 2.06 bits per heavy atom. The van der Waals surface area contributed by atoms with Crippen molar-refractivity contribution in [2.75, 3.05) is 13.1 Å². The van der Waals surface area contributed by atoms with Gasteiger partial charge in [-0.05, 0) is 41.5 Å². The first-order chi connectivity index (χ1) is 7.71. The first-order valence-corrected chi connectivity index (χ1v) is 5.99. The molecule has 17 heavy (non-hydrogen) atoms. The van der Waals surface area contributed by atoms with Crippen molar-refractivity contribution in [3.05, 3.63) is 0 Å². The maximum atomic E-state index is 11.7. The van der Waals surface area contributed by atoms with Gasteiger partial charge in [-0.25, -0.2) is 9.59 Å². The third-order valence-electron chi connectivity index (χ3n) is 2.15. The van der Waals surface area contributed by atoms with Gasteiger partial charge in [-0.3, -0.25) is 0 Å². The molecule has 0 aromatic carbocycles. The fraction of sp³-hybridized carbons (Fsp3) is 0.833. The lowest BCUT2D eigenvalue weighted by Gasteiger charge is -2.25. The zero-order valence-corrected chi connectivity index (χ0v) is 11.7. The Bertz CT molecular complexity index is 267. The van der Waals surface area contributed by atoms with E-state index in [2.05, 4.69) is 5.32 Å². The van der Waals surface area contributed by atoms with E-state index in [9.17, 15) is 9.59 Å². The molecule has 1 atom stereocenters. The van der Waals surface area contributed by atoms with Crippen molar-refractivity contribution < 1.29 is 14.3 Å². The lowest BCUT2D eigenvalue weighted by molar-refractivity contribution is -0.156. The molecule has 0 aromatic rings. The van der Waals surface area contributed by atoms with E-state index in [-0.39, 0.29) is 6.03 Å². The number of carbonyl (C=O) groups is 2. The molecule has 100 valence electrons. The molecule has 0 aliphatic rings. The van der Waals surface area contributed by atoms with Crippen LogP contribution in [-0.4, -0.2) is 41.6 Å². The number of ether oxygens (including phenoxy) is 1. The maximum absolute atomic E-state index is 11.7. The number of nitrogens with one attached hydrogen (secondary N) is 1. The highest BCUT2D eigenvalue weighted by Crippen LogP contribution is 2.08. The molecule has 0 saturated heterocycles. The van der Waals surface area contributed by atoms with E-state index < -0.39 is 17.6 Å². The summed E-state index contributed by atoms with van der Waals surface area (Å²) in [6.07, 6.45) is 0. The van der Waals surface area contributed by atoms with Crippen molar-refractivity contribution >= 4 is 12.0 Å². The Kier molecular flexibility index (Phi) is 5.99. The maximum Gasteiger partial charge on any atom is 0.328 e. The van der Waals surface area contributed by atoms with E-state index >= 15 is 0 Å². The van der Waals surface area contributed by atoms with E-state index in [1.54, 1.807) is 32.6 Å². The minimum atomic E-state index is -0.637. The molecule has 5 nitrogen and oxygen atoms in total. The first kappa shape index (κ1) is 15.7. The lowest BCUT2D eigenvalue weighted by atomic mass is 10.2. The minimum Gasteiger partial charge on any atom is -0.458 e. The van der Waals surface area contributed by atoms with Crippen molar-refractivity contribution in [1.82, 2.24) is 10.2 Å². The number of carbonyl (C=O) groups excluding carboxylic acids is 2. The Morgan fingerprint density at radius 1 is 1.24 bits per heavy atom. The Morgan fingerprint density at radius 2 is 1.71 bits per heavy atom. The molecule has 0 radical (unpaired) electrons.